The van der Waals surface area contributed by atoms with E-state index >= 15 is 0 Å². The number of rotatable bonds is 4. The van der Waals surface area contributed by atoms with Gasteiger partial charge in [-0.25, -0.2) is 14.4 Å². The van der Waals surface area contributed by atoms with Gasteiger partial charge < -0.3 is 10.2 Å². The van der Waals surface area contributed by atoms with Crippen molar-refractivity contribution in [2.75, 3.05) is 23.3 Å². The number of aryl methyl sites for hydroxylation is 1. The predicted octanol–water partition coefficient (Wildman–Crippen LogP) is 4.25. The second-order valence-corrected chi connectivity index (χ2v) is 7.88. The zero-order valence-corrected chi connectivity index (χ0v) is 15.9. The van der Waals surface area contributed by atoms with Crippen molar-refractivity contribution in [3.05, 3.63) is 47.4 Å². The van der Waals surface area contributed by atoms with Crippen LogP contribution in [0.5, 0.6) is 0 Å². The summed E-state index contributed by atoms with van der Waals surface area (Å²) in [6.45, 7) is 3.60. The van der Waals surface area contributed by atoms with Gasteiger partial charge in [-0.3, -0.25) is 4.79 Å². The molecule has 5 nitrogen and oxygen atoms in total. The van der Waals surface area contributed by atoms with E-state index in [1.54, 1.807) is 29.8 Å². The number of aromatic nitrogens is 2. The summed E-state index contributed by atoms with van der Waals surface area (Å²) in [7, 11) is 0. The lowest BCUT2D eigenvalue weighted by Crippen LogP contribution is -2.41. The summed E-state index contributed by atoms with van der Waals surface area (Å²) in [6, 6.07) is 8.16. The molecule has 2 aromatic heterocycles. The molecule has 3 heterocycles. The molecule has 0 unspecified atom stereocenters. The number of carbonyl (C=O) groups excluding carboxylic acids is 1. The number of hydrogen-bond acceptors (Lipinski definition) is 5. The van der Waals surface area contributed by atoms with Crippen LogP contribution in [-0.4, -0.2) is 29.0 Å². The molecule has 1 N–H and O–H groups in total. The van der Waals surface area contributed by atoms with E-state index in [0.717, 1.165) is 41.8 Å². The Labute approximate surface area is 161 Å². The SMILES string of the molecule is CCc1cc2c(N3CCC[C@@H](C(=O)Nc4cccc(F)c4)C3)ncnc2s1. The second-order valence-electron chi connectivity index (χ2n) is 6.77. The number of nitrogens with zero attached hydrogens (tertiary/aromatic N) is 3. The molecular weight excluding hydrogens is 363 g/mol. The molecule has 27 heavy (non-hydrogen) atoms. The van der Waals surface area contributed by atoms with Crippen LogP contribution in [0.4, 0.5) is 15.9 Å². The Morgan fingerprint density at radius 2 is 2.26 bits per heavy atom. The molecule has 0 saturated carbocycles. The molecule has 1 aliphatic rings. The Morgan fingerprint density at radius 3 is 3.07 bits per heavy atom. The Hall–Kier alpha value is -2.54. The van der Waals surface area contributed by atoms with Gasteiger partial charge in [0.2, 0.25) is 5.91 Å². The van der Waals surface area contributed by atoms with E-state index in [-0.39, 0.29) is 17.6 Å². The van der Waals surface area contributed by atoms with E-state index in [1.165, 1.54) is 17.0 Å². The van der Waals surface area contributed by atoms with Crippen molar-refractivity contribution >= 4 is 39.0 Å². The minimum absolute atomic E-state index is 0.0739. The first-order valence-corrected chi connectivity index (χ1v) is 10.0. The van der Waals surface area contributed by atoms with Gasteiger partial charge in [0.25, 0.3) is 0 Å². The van der Waals surface area contributed by atoms with E-state index in [4.69, 9.17) is 0 Å². The smallest absolute Gasteiger partial charge is 0.229 e. The minimum Gasteiger partial charge on any atom is -0.355 e. The molecule has 1 aliphatic heterocycles. The lowest BCUT2D eigenvalue weighted by atomic mass is 9.97. The van der Waals surface area contributed by atoms with Crippen LogP contribution in [-0.2, 0) is 11.2 Å². The molecule has 0 aliphatic carbocycles. The highest BCUT2D eigenvalue weighted by Gasteiger charge is 2.28. The number of thiophene rings is 1. The van der Waals surface area contributed by atoms with Crippen molar-refractivity contribution in [3.63, 3.8) is 0 Å². The molecule has 1 atom stereocenters. The molecule has 7 heteroatoms. The number of carbonyl (C=O) groups is 1. The summed E-state index contributed by atoms with van der Waals surface area (Å²) >= 11 is 1.69. The van der Waals surface area contributed by atoms with Crippen LogP contribution >= 0.6 is 11.3 Å². The summed E-state index contributed by atoms with van der Waals surface area (Å²) in [5, 5.41) is 3.90. The van der Waals surface area contributed by atoms with Gasteiger partial charge in [-0.1, -0.05) is 13.0 Å². The van der Waals surface area contributed by atoms with Crippen molar-refractivity contribution in [2.45, 2.75) is 26.2 Å². The number of amides is 1. The molecule has 0 spiro atoms. The highest BCUT2D eigenvalue weighted by atomic mass is 32.1. The third-order valence-electron chi connectivity index (χ3n) is 4.89. The molecule has 1 saturated heterocycles. The van der Waals surface area contributed by atoms with Crippen LogP contribution in [0.2, 0.25) is 0 Å². The van der Waals surface area contributed by atoms with Crippen molar-refractivity contribution in [1.82, 2.24) is 9.97 Å². The quantitative estimate of drug-likeness (QED) is 0.731. The van der Waals surface area contributed by atoms with Gasteiger partial charge >= 0.3 is 0 Å². The third kappa shape index (κ3) is 3.78. The number of anilines is 2. The molecule has 3 aromatic rings. The maximum atomic E-state index is 13.4. The average molecular weight is 384 g/mol. The van der Waals surface area contributed by atoms with Crippen LogP contribution in [0.1, 0.15) is 24.6 Å². The molecule has 1 amide bonds. The summed E-state index contributed by atoms with van der Waals surface area (Å²) in [6.07, 6.45) is 4.30. The Balaban J connectivity index is 1.53. The van der Waals surface area contributed by atoms with Crippen molar-refractivity contribution in [2.24, 2.45) is 5.92 Å². The van der Waals surface area contributed by atoms with Crippen molar-refractivity contribution in [1.29, 1.82) is 0 Å². The molecular formula is C20H21FN4OS. The van der Waals surface area contributed by atoms with Gasteiger partial charge in [-0.15, -0.1) is 11.3 Å². The summed E-state index contributed by atoms with van der Waals surface area (Å²) in [5.41, 5.74) is 0.493. The van der Waals surface area contributed by atoms with E-state index in [2.05, 4.69) is 33.2 Å². The molecule has 0 bridgehead atoms. The van der Waals surface area contributed by atoms with Crippen LogP contribution < -0.4 is 10.2 Å². The van der Waals surface area contributed by atoms with E-state index in [9.17, 15) is 9.18 Å². The van der Waals surface area contributed by atoms with Gasteiger partial charge in [-0.2, -0.15) is 0 Å². The van der Waals surface area contributed by atoms with Gasteiger partial charge in [0.15, 0.2) is 0 Å². The van der Waals surface area contributed by atoms with Crippen LogP contribution in [0.15, 0.2) is 36.7 Å². The standard InChI is InChI=1S/C20H21FN4OS/c1-2-16-10-17-18(22-12-23-20(17)27-16)25-8-4-5-13(11-25)19(26)24-15-7-3-6-14(21)9-15/h3,6-7,9-10,12-13H,2,4-5,8,11H2,1H3,(H,24,26)/t13-/m1/s1. The number of piperidine rings is 1. The van der Waals surface area contributed by atoms with Gasteiger partial charge in [0.1, 0.15) is 22.8 Å². The highest BCUT2D eigenvalue weighted by Crippen LogP contribution is 2.32. The van der Waals surface area contributed by atoms with Crippen molar-refractivity contribution < 1.29 is 9.18 Å². The topological polar surface area (TPSA) is 58.1 Å². The monoisotopic (exact) mass is 384 g/mol. The fourth-order valence-electron chi connectivity index (χ4n) is 3.51. The Kier molecular flexibility index (Phi) is 5.03. The highest BCUT2D eigenvalue weighted by molar-refractivity contribution is 7.18. The van der Waals surface area contributed by atoms with E-state index in [0.29, 0.717) is 12.2 Å². The number of fused-ring (bicyclic) bond motifs is 1. The minimum atomic E-state index is -0.356. The van der Waals surface area contributed by atoms with Gasteiger partial charge in [0.05, 0.1) is 11.3 Å². The fourth-order valence-corrected chi connectivity index (χ4v) is 4.44. The third-order valence-corrected chi connectivity index (χ3v) is 6.08. The largest absolute Gasteiger partial charge is 0.355 e. The Morgan fingerprint density at radius 1 is 1.37 bits per heavy atom. The maximum Gasteiger partial charge on any atom is 0.229 e. The fraction of sp³-hybridized carbons (Fsp3) is 0.350. The molecule has 1 aromatic carbocycles. The summed E-state index contributed by atoms with van der Waals surface area (Å²) in [5.74, 6) is 0.316. The first-order valence-electron chi connectivity index (χ1n) is 9.19. The zero-order valence-electron chi connectivity index (χ0n) is 15.1. The van der Waals surface area contributed by atoms with Crippen molar-refractivity contribution in [3.8, 4) is 0 Å². The number of benzene rings is 1. The average Bonchev–Trinajstić information content (AvgIpc) is 3.11. The zero-order chi connectivity index (χ0) is 18.8. The normalized spacial score (nSPS) is 17.3. The lowest BCUT2D eigenvalue weighted by molar-refractivity contribution is -0.120. The summed E-state index contributed by atoms with van der Waals surface area (Å²) in [4.78, 5) is 26.0. The van der Waals surface area contributed by atoms with E-state index in [1.807, 2.05) is 0 Å². The molecule has 1 fully saturated rings. The molecule has 0 radical (unpaired) electrons. The Bertz CT molecular complexity index is 974. The van der Waals surface area contributed by atoms with E-state index < -0.39 is 0 Å². The first kappa shape index (κ1) is 17.9. The van der Waals surface area contributed by atoms with Crippen LogP contribution in [0.3, 0.4) is 0 Å². The predicted molar refractivity (Wildman–Crippen MR) is 107 cm³/mol. The molecule has 4 rings (SSSR count). The number of halogens is 1. The number of nitrogens with one attached hydrogen (secondary N) is 1. The van der Waals surface area contributed by atoms with Gasteiger partial charge in [0, 0.05) is 23.7 Å². The second kappa shape index (κ2) is 7.60. The first-order chi connectivity index (χ1) is 13.1. The molecule has 140 valence electrons. The lowest BCUT2D eigenvalue weighted by Gasteiger charge is -2.33. The maximum absolute atomic E-state index is 13.4. The van der Waals surface area contributed by atoms with Crippen LogP contribution in [0.25, 0.3) is 10.2 Å². The van der Waals surface area contributed by atoms with Crippen LogP contribution in [0, 0.1) is 11.7 Å². The number of hydrogen-bond donors (Lipinski definition) is 1. The van der Waals surface area contributed by atoms with Gasteiger partial charge in [-0.05, 0) is 43.5 Å². The summed E-state index contributed by atoms with van der Waals surface area (Å²) < 4.78 is 13.4.